The van der Waals surface area contributed by atoms with Crippen LogP contribution in [0.4, 0.5) is 0 Å². The summed E-state index contributed by atoms with van der Waals surface area (Å²) in [5.74, 6) is -1.41. The Morgan fingerprint density at radius 2 is 1.79 bits per heavy atom. The van der Waals surface area contributed by atoms with E-state index in [0.29, 0.717) is 19.1 Å². The summed E-state index contributed by atoms with van der Waals surface area (Å²) in [5.41, 5.74) is 4.92. The zero-order valence-electron chi connectivity index (χ0n) is 8.69. The summed E-state index contributed by atoms with van der Waals surface area (Å²) in [6, 6.07) is 0.506. The highest BCUT2D eigenvalue weighted by molar-refractivity contribution is 6.34. The number of carbonyl (C=O) groups excluding carboxylic acids is 2. The Morgan fingerprint density at radius 1 is 1.29 bits per heavy atom. The standard InChI is InChI=1S/C9H17N3O2/c1-11(2)7-3-5-12(6-4-7)9(14)8(10)13/h7H,3-6H2,1-2H3,(H2,10,13). The van der Waals surface area contributed by atoms with E-state index in [1.807, 2.05) is 14.1 Å². The van der Waals surface area contributed by atoms with Gasteiger partial charge < -0.3 is 15.5 Å². The topological polar surface area (TPSA) is 66.6 Å². The van der Waals surface area contributed by atoms with E-state index >= 15 is 0 Å². The van der Waals surface area contributed by atoms with Crippen molar-refractivity contribution in [3.8, 4) is 0 Å². The molecule has 0 aromatic carbocycles. The van der Waals surface area contributed by atoms with Crippen LogP contribution in [0.3, 0.4) is 0 Å². The van der Waals surface area contributed by atoms with E-state index in [4.69, 9.17) is 5.73 Å². The molecule has 0 bridgehead atoms. The average molecular weight is 199 g/mol. The van der Waals surface area contributed by atoms with Crippen molar-refractivity contribution < 1.29 is 9.59 Å². The van der Waals surface area contributed by atoms with Crippen molar-refractivity contribution in [2.24, 2.45) is 5.73 Å². The van der Waals surface area contributed by atoms with Gasteiger partial charge in [-0.05, 0) is 26.9 Å². The van der Waals surface area contributed by atoms with Crippen molar-refractivity contribution in [1.82, 2.24) is 9.80 Å². The quantitative estimate of drug-likeness (QED) is 0.552. The highest BCUT2D eigenvalue weighted by atomic mass is 16.2. The van der Waals surface area contributed by atoms with Crippen LogP contribution in [0.15, 0.2) is 0 Å². The molecule has 0 unspecified atom stereocenters. The third-order valence-corrected chi connectivity index (χ3v) is 2.69. The van der Waals surface area contributed by atoms with E-state index in [1.54, 1.807) is 0 Å². The molecule has 0 atom stereocenters. The first-order valence-corrected chi connectivity index (χ1v) is 4.77. The molecule has 0 aromatic rings. The smallest absolute Gasteiger partial charge is 0.311 e. The number of piperidine rings is 1. The molecule has 1 fully saturated rings. The first-order valence-electron chi connectivity index (χ1n) is 4.77. The molecule has 0 aliphatic carbocycles. The number of carbonyl (C=O) groups is 2. The highest BCUT2D eigenvalue weighted by Gasteiger charge is 2.25. The average Bonchev–Trinajstić information content (AvgIpc) is 2.16. The molecule has 1 heterocycles. The number of hydrogen-bond acceptors (Lipinski definition) is 3. The van der Waals surface area contributed by atoms with E-state index in [-0.39, 0.29) is 0 Å². The lowest BCUT2D eigenvalue weighted by molar-refractivity contribution is -0.145. The second kappa shape index (κ2) is 4.41. The second-order valence-electron chi connectivity index (χ2n) is 3.85. The minimum absolute atomic E-state index is 0.506. The minimum atomic E-state index is -0.853. The fraction of sp³-hybridized carbons (Fsp3) is 0.778. The molecule has 5 nitrogen and oxygen atoms in total. The first kappa shape index (κ1) is 11.0. The third kappa shape index (κ3) is 2.45. The van der Waals surface area contributed by atoms with Gasteiger partial charge in [-0.1, -0.05) is 0 Å². The van der Waals surface area contributed by atoms with Gasteiger partial charge in [-0.2, -0.15) is 0 Å². The molecule has 80 valence electrons. The van der Waals surface area contributed by atoms with Crippen LogP contribution in [0.5, 0.6) is 0 Å². The monoisotopic (exact) mass is 199 g/mol. The van der Waals surface area contributed by atoms with Crippen LogP contribution >= 0.6 is 0 Å². The third-order valence-electron chi connectivity index (χ3n) is 2.69. The van der Waals surface area contributed by atoms with Gasteiger partial charge in [0.05, 0.1) is 0 Å². The van der Waals surface area contributed by atoms with Gasteiger partial charge in [-0.25, -0.2) is 0 Å². The molecule has 1 aliphatic heterocycles. The fourth-order valence-corrected chi connectivity index (χ4v) is 1.74. The molecule has 1 aliphatic rings. The summed E-state index contributed by atoms with van der Waals surface area (Å²) in [7, 11) is 4.05. The molecule has 1 rings (SSSR count). The Labute approximate surface area is 83.8 Å². The number of rotatable bonds is 1. The molecule has 2 amide bonds. The van der Waals surface area contributed by atoms with Crippen molar-refractivity contribution >= 4 is 11.8 Å². The molecule has 2 N–H and O–H groups in total. The maximum absolute atomic E-state index is 11.2. The molecule has 0 spiro atoms. The number of amides is 2. The van der Waals surface area contributed by atoms with Crippen LogP contribution in [0.25, 0.3) is 0 Å². The summed E-state index contributed by atoms with van der Waals surface area (Å²) in [6.45, 7) is 1.26. The lowest BCUT2D eigenvalue weighted by Gasteiger charge is -2.34. The zero-order chi connectivity index (χ0) is 10.7. The second-order valence-corrected chi connectivity index (χ2v) is 3.85. The summed E-state index contributed by atoms with van der Waals surface area (Å²) >= 11 is 0. The molecule has 0 aromatic heterocycles. The van der Waals surface area contributed by atoms with Crippen LogP contribution in [-0.4, -0.2) is 54.8 Å². The maximum atomic E-state index is 11.2. The van der Waals surface area contributed by atoms with Gasteiger partial charge in [0.25, 0.3) is 0 Å². The number of likely N-dealkylation sites (tertiary alicyclic amines) is 1. The Balaban J connectivity index is 2.43. The van der Waals surface area contributed by atoms with Crippen LogP contribution in [0.2, 0.25) is 0 Å². The number of primary amides is 1. The lowest BCUT2D eigenvalue weighted by atomic mass is 10.0. The molecule has 14 heavy (non-hydrogen) atoms. The summed E-state index contributed by atoms with van der Waals surface area (Å²) in [5, 5.41) is 0. The molecule has 1 saturated heterocycles. The zero-order valence-corrected chi connectivity index (χ0v) is 8.69. The summed E-state index contributed by atoms with van der Waals surface area (Å²) in [4.78, 5) is 25.5. The van der Waals surface area contributed by atoms with Crippen LogP contribution < -0.4 is 5.73 Å². The Morgan fingerprint density at radius 3 is 2.14 bits per heavy atom. The van der Waals surface area contributed by atoms with Gasteiger partial charge >= 0.3 is 11.8 Å². The molecular weight excluding hydrogens is 182 g/mol. The van der Waals surface area contributed by atoms with Gasteiger partial charge in [0.15, 0.2) is 0 Å². The Kier molecular flexibility index (Phi) is 3.46. The Bertz CT molecular complexity index is 232. The summed E-state index contributed by atoms with van der Waals surface area (Å²) in [6.07, 6.45) is 1.82. The molecule has 0 radical (unpaired) electrons. The van der Waals surface area contributed by atoms with Crippen molar-refractivity contribution in [3.63, 3.8) is 0 Å². The minimum Gasteiger partial charge on any atom is -0.361 e. The predicted molar refractivity (Wildman–Crippen MR) is 52.5 cm³/mol. The van der Waals surface area contributed by atoms with Crippen molar-refractivity contribution in [3.05, 3.63) is 0 Å². The van der Waals surface area contributed by atoms with Crippen molar-refractivity contribution in [2.75, 3.05) is 27.2 Å². The Hall–Kier alpha value is -1.10. The SMILES string of the molecule is CN(C)C1CCN(C(=O)C(N)=O)CC1. The molecular formula is C9H17N3O2. The fourth-order valence-electron chi connectivity index (χ4n) is 1.74. The molecule has 5 heteroatoms. The largest absolute Gasteiger partial charge is 0.361 e. The van der Waals surface area contributed by atoms with Crippen LogP contribution in [-0.2, 0) is 9.59 Å². The molecule has 0 saturated carbocycles. The van der Waals surface area contributed by atoms with Gasteiger partial charge in [0.1, 0.15) is 0 Å². The van der Waals surface area contributed by atoms with Gasteiger partial charge in [0.2, 0.25) is 0 Å². The normalized spacial score (nSPS) is 18.6. The number of nitrogens with two attached hydrogens (primary N) is 1. The number of hydrogen-bond donors (Lipinski definition) is 1. The van der Waals surface area contributed by atoms with Crippen LogP contribution in [0, 0.1) is 0 Å². The van der Waals surface area contributed by atoms with E-state index < -0.39 is 11.8 Å². The van der Waals surface area contributed by atoms with E-state index in [0.717, 1.165) is 12.8 Å². The van der Waals surface area contributed by atoms with E-state index in [1.165, 1.54) is 4.90 Å². The van der Waals surface area contributed by atoms with Crippen LogP contribution in [0.1, 0.15) is 12.8 Å². The van der Waals surface area contributed by atoms with Gasteiger partial charge in [-0.15, -0.1) is 0 Å². The van der Waals surface area contributed by atoms with Crippen molar-refractivity contribution in [2.45, 2.75) is 18.9 Å². The van der Waals surface area contributed by atoms with Gasteiger partial charge in [0, 0.05) is 19.1 Å². The lowest BCUT2D eigenvalue weighted by Crippen LogP contribution is -2.48. The van der Waals surface area contributed by atoms with Crippen molar-refractivity contribution in [1.29, 1.82) is 0 Å². The number of nitrogens with zero attached hydrogens (tertiary/aromatic N) is 2. The van der Waals surface area contributed by atoms with Gasteiger partial charge in [-0.3, -0.25) is 9.59 Å². The first-order chi connectivity index (χ1) is 6.52. The predicted octanol–water partition coefficient (Wildman–Crippen LogP) is -0.976. The van der Waals surface area contributed by atoms with E-state index in [2.05, 4.69) is 4.90 Å². The highest BCUT2D eigenvalue weighted by Crippen LogP contribution is 2.13. The van der Waals surface area contributed by atoms with E-state index in [9.17, 15) is 9.59 Å². The maximum Gasteiger partial charge on any atom is 0.311 e. The summed E-state index contributed by atoms with van der Waals surface area (Å²) < 4.78 is 0.